The van der Waals surface area contributed by atoms with Gasteiger partial charge in [0.2, 0.25) is 0 Å². The zero-order chi connectivity index (χ0) is 21.5. The van der Waals surface area contributed by atoms with Crippen LogP contribution in [0.5, 0.6) is 0 Å². The molecule has 5 nitrogen and oxygen atoms in total. The lowest BCUT2D eigenvalue weighted by Gasteiger charge is -2.12. The van der Waals surface area contributed by atoms with Crippen molar-refractivity contribution in [3.05, 3.63) is 87.8 Å². The van der Waals surface area contributed by atoms with Crippen LogP contribution in [0, 0.1) is 18.3 Å². The van der Waals surface area contributed by atoms with Crippen molar-refractivity contribution in [3.8, 4) is 23.0 Å². The van der Waals surface area contributed by atoms with E-state index >= 15 is 0 Å². The number of pyridine rings is 1. The molecular weight excluding hydrogens is 393 g/mol. The molecule has 0 aliphatic carbocycles. The van der Waals surface area contributed by atoms with Gasteiger partial charge in [-0.05, 0) is 55.0 Å². The molecule has 0 saturated heterocycles. The number of fused-ring (bicyclic) bond motifs is 1. The van der Waals surface area contributed by atoms with Gasteiger partial charge in [-0.1, -0.05) is 12.1 Å². The second-order valence-corrected chi connectivity index (χ2v) is 6.71. The topological polar surface area (TPSA) is 71.6 Å². The van der Waals surface area contributed by atoms with Crippen LogP contribution in [0.15, 0.2) is 65.6 Å². The summed E-state index contributed by atoms with van der Waals surface area (Å²) in [5, 5.41) is 13.9. The third-order valence-electron chi connectivity index (χ3n) is 4.58. The first kappa shape index (κ1) is 19.3. The smallest absolute Gasteiger partial charge is 0.267 e. The molecule has 0 bridgehead atoms. The Labute approximate surface area is 168 Å². The first-order chi connectivity index (χ1) is 14.3. The van der Waals surface area contributed by atoms with Gasteiger partial charge < -0.3 is 0 Å². The van der Waals surface area contributed by atoms with Crippen LogP contribution in [0.2, 0.25) is 0 Å². The van der Waals surface area contributed by atoms with E-state index in [1.807, 2.05) is 6.07 Å². The van der Waals surface area contributed by atoms with Crippen LogP contribution < -0.4 is 5.56 Å². The van der Waals surface area contributed by atoms with Crippen LogP contribution in [0.25, 0.3) is 27.8 Å². The Morgan fingerprint density at radius 3 is 2.47 bits per heavy atom. The highest BCUT2D eigenvalue weighted by molar-refractivity contribution is 5.91. The average molecular weight is 406 g/mol. The highest BCUT2D eigenvalue weighted by Crippen LogP contribution is 2.30. The van der Waals surface area contributed by atoms with Crippen molar-refractivity contribution >= 4 is 10.9 Å². The number of hydrogen-bond acceptors (Lipinski definition) is 4. The van der Waals surface area contributed by atoms with Crippen molar-refractivity contribution in [3.63, 3.8) is 0 Å². The van der Waals surface area contributed by atoms with Gasteiger partial charge in [0, 0.05) is 11.8 Å². The molecule has 0 saturated carbocycles. The zero-order valence-electron chi connectivity index (χ0n) is 15.6. The van der Waals surface area contributed by atoms with Crippen LogP contribution in [-0.4, -0.2) is 14.8 Å². The lowest BCUT2D eigenvalue weighted by Crippen LogP contribution is -2.23. The fourth-order valence-corrected chi connectivity index (χ4v) is 3.12. The molecule has 0 amide bonds. The maximum Gasteiger partial charge on any atom is 0.416 e. The molecule has 0 radical (unpaired) electrons. The molecule has 0 fully saturated rings. The molecule has 8 heteroatoms. The standard InChI is InChI=1S/C22H13F3N4O/c1-13-9-18-20(27-12-13)19(15-4-2-3-14(10-15)11-26)28-29(21(18)30)17-7-5-16(6-8-17)22(23,24)25/h2-10,12H,1H3. The highest BCUT2D eigenvalue weighted by atomic mass is 19.4. The van der Waals surface area contributed by atoms with Gasteiger partial charge >= 0.3 is 6.18 Å². The van der Waals surface area contributed by atoms with E-state index in [0.717, 1.165) is 22.4 Å². The molecule has 2 aromatic heterocycles. The molecule has 0 aliphatic heterocycles. The first-order valence-electron chi connectivity index (χ1n) is 8.86. The summed E-state index contributed by atoms with van der Waals surface area (Å²) in [5.41, 5.74) is 1.29. The van der Waals surface area contributed by atoms with Crippen LogP contribution in [0.3, 0.4) is 0 Å². The van der Waals surface area contributed by atoms with Crippen molar-refractivity contribution in [2.45, 2.75) is 13.1 Å². The Balaban J connectivity index is 2.00. The first-order valence-corrected chi connectivity index (χ1v) is 8.86. The summed E-state index contributed by atoms with van der Waals surface area (Å²) in [6.07, 6.45) is -2.88. The van der Waals surface area contributed by atoms with Crippen LogP contribution >= 0.6 is 0 Å². The maximum atomic E-state index is 13.1. The SMILES string of the molecule is Cc1cnc2c(-c3cccc(C#N)c3)nn(-c3ccc(C(F)(F)F)cc3)c(=O)c2c1. The van der Waals surface area contributed by atoms with Crippen molar-refractivity contribution in [1.29, 1.82) is 5.26 Å². The van der Waals surface area contributed by atoms with E-state index in [1.54, 1.807) is 43.5 Å². The Morgan fingerprint density at radius 1 is 1.07 bits per heavy atom. The Morgan fingerprint density at radius 2 is 1.80 bits per heavy atom. The van der Waals surface area contributed by atoms with Crippen molar-refractivity contribution in [2.75, 3.05) is 0 Å². The minimum atomic E-state index is -4.48. The minimum absolute atomic E-state index is 0.189. The second kappa shape index (κ2) is 7.12. The molecule has 4 rings (SSSR count). The second-order valence-electron chi connectivity index (χ2n) is 6.71. The molecule has 4 aromatic rings. The van der Waals surface area contributed by atoms with E-state index in [9.17, 15) is 23.2 Å². The van der Waals surface area contributed by atoms with Gasteiger partial charge in [-0.3, -0.25) is 9.78 Å². The van der Waals surface area contributed by atoms with E-state index < -0.39 is 17.3 Å². The monoisotopic (exact) mass is 406 g/mol. The number of halogens is 3. The van der Waals surface area contributed by atoms with E-state index in [2.05, 4.69) is 10.1 Å². The molecule has 0 unspecified atom stereocenters. The van der Waals surface area contributed by atoms with Gasteiger partial charge in [0.25, 0.3) is 5.56 Å². The maximum absolute atomic E-state index is 13.1. The summed E-state index contributed by atoms with van der Waals surface area (Å²) in [5.74, 6) is 0. The zero-order valence-corrected chi connectivity index (χ0v) is 15.6. The van der Waals surface area contributed by atoms with Gasteiger partial charge in [0.15, 0.2) is 0 Å². The van der Waals surface area contributed by atoms with E-state index in [1.165, 1.54) is 12.1 Å². The molecule has 30 heavy (non-hydrogen) atoms. The number of aryl methyl sites for hydroxylation is 1. The molecule has 2 heterocycles. The number of rotatable bonds is 2. The quantitative estimate of drug-likeness (QED) is 0.486. The Bertz CT molecular complexity index is 1370. The summed E-state index contributed by atoms with van der Waals surface area (Å²) < 4.78 is 39.7. The fraction of sp³-hybridized carbons (Fsp3) is 0.0909. The summed E-state index contributed by atoms with van der Waals surface area (Å²) in [6.45, 7) is 1.78. The normalized spacial score (nSPS) is 11.4. The molecule has 0 spiro atoms. The van der Waals surface area contributed by atoms with Gasteiger partial charge in [0.05, 0.1) is 28.3 Å². The van der Waals surface area contributed by atoms with E-state index in [4.69, 9.17) is 0 Å². The minimum Gasteiger partial charge on any atom is -0.267 e. The van der Waals surface area contributed by atoms with Crippen molar-refractivity contribution in [2.24, 2.45) is 0 Å². The van der Waals surface area contributed by atoms with E-state index in [-0.39, 0.29) is 11.1 Å². The third kappa shape index (κ3) is 3.42. The predicted molar refractivity (Wildman–Crippen MR) is 105 cm³/mol. The van der Waals surface area contributed by atoms with Gasteiger partial charge in [0.1, 0.15) is 11.2 Å². The number of aromatic nitrogens is 3. The lowest BCUT2D eigenvalue weighted by molar-refractivity contribution is -0.137. The summed E-state index contributed by atoms with van der Waals surface area (Å²) >= 11 is 0. The van der Waals surface area contributed by atoms with Gasteiger partial charge in [-0.25, -0.2) is 0 Å². The number of benzene rings is 2. The highest BCUT2D eigenvalue weighted by Gasteiger charge is 2.30. The fourth-order valence-electron chi connectivity index (χ4n) is 3.12. The van der Waals surface area contributed by atoms with Gasteiger partial charge in [-0.2, -0.15) is 28.2 Å². The third-order valence-corrected chi connectivity index (χ3v) is 4.58. The van der Waals surface area contributed by atoms with E-state index in [0.29, 0.717) is 22.3 Å². The largest absolute Gasteiger partial charge is 0.416 e. The molecule has 0 aliphatic rings. The van der Waals surface area contributed by atoms with Crippen LogP contribution in [0.4, 0.5) is 13.2 Å². The number of nitrogens with zero attached hydrogens (tertiary/aromatic N) is 4. The Hall–Kier alpha value is -3.99. The number of alkyl halides is 3. The van der Waals surface area contributed by atoms with Crippen LogP contribution in [0.1, 0.15) is 16.7 Å². The molecule has 2 aromatic carbocycles. The van der Waals surface area contributed by atoms with Crippen molar-refractivity contribution in [1.82, 2.24) is 14.8 Å². The van der Waals surface area contributed by atoms with Crippen LogP contribution in [-0.2, 0) is 6.18 Å². The summed E-state index contributed by atoms with van der Waals surface area (Å²) in [6, 6.07) is 14.6. The van der Waals surface area contributed by atoms with Gasteiger partial charge in [-0.15, -0.1) is 0 Å². The molecule has 0 N–H and O–H groups in total. The molecule has 0 atom stereocenters. The average Bonchev–Trinajstić information content (AvgIpc) is 2.74. The number of hydrogen-bond donors (Lipinski definition) is 0. The summed E-state index contributed by atoms with van der Waals surface area (Å²) in [4.78, 5) is 17.4. The van der Waals surface area contributed by atoms with Crippen molar-refractivity contribution < 1.29 is 13.2 Å². The number of nitriles is 1. The molecule has 148 valence electrons. The lowest BCUT2D eigenvalue weighted by atomic mass is 10.1. The molecular formula is C22H13F3N4O. The predicted octanol–water partition coefficient (Wildman–Crippen LogP) is 4.65. The summed E-state index contributed by atoms with van der Waals surface area (Å²) in [7, 11) is 0. The Kier molecular flexibility index (Phi) is 4.59.